The Bertz CT molecular complexity index is 568. The van der Waals surface area contributed by atoms with Crippen molar-refractivity contribution < 1.29 is 0 Å². The zero-order chi connectivity index (χ0) is 14.5. The van der Waals surface area contributed by atoms with Gasteiger partial charge in [-0.05, 0) is 41.0 Å². The molecule has 108 valence electrons. The number of aryl methyl sites for hydroxylation is 1. The molecule has 20 heavy (non-hydrogen) atoms. The van der Waals surface area contributed by atoms with Crippen LogP contribution in [0, 0.1) is 0 Å². The summed E-state index contributed by atoms with van der Waals surface area (Å²) in [7, 11) is 0. The second-order valence-corrected chi connectivity index (χ2v) is 5.82. The van der Waals surface area contributed by atoms with Gasteiger partial charge in [0.1, 0.15) is 5.82 Å². The molecule has 3 nitrogen and oxygen atoms in total. The van der Waals surface area contributed by atoms with E-state index >= 15 is 0 Å². The summed E-state index contributed by atoms with van der Waals surface area (Å²) in [4.78, 5) is 4.45. The largest absolute Gasteiger partial charge is 0.335 e. The van der Waals surface area contributed by atoms with E-state index in [0.717, 1.165) is 40.4 Å². The number of hydrogen-bond acceptors (Lipinski definition) is 2. The normalized spacial score (nSPS) is 12.6. The molecule has 0 aliphatic rings. The second kappa shape index (κ2) is 7.25. The lowest BCUT2D eigenvalue weighted by molar-refractivity contribution is 0.522. The Morgan fingerprint density at radius 2 is 2.20 bits per heavy atom. The number of nitrogens with zero attached hydrogens (tertiary/aromatic N) is 2. The first-order valence-corrected chi connectivity index (χ1v) is 8.01. The Balaban J connectivity index is 2.29. The highest BCUT2D eigenvalue weighted by atomic mass is 79.9. The maximum absolute atomic E-state index is 6.42. The smallest absolute Gasteiger partial charge is 0.110 e. The van der Waals surface area contributed by atoms with Gasteiger partial charge in [-0.2, -0.15) is 0 Å². The van der Waals surface area contributed by atoms with Gasteiger partial charge in [0.25, 0.3) is 0 Å². The number of benzene rings is 1. The molecule has 1 heterocycles. The summed E-state index contributed by atoms with van der Waals surface area (Å²) in [6, 6.07) is 6.21. The molecule has 1 atom stereocenters. The summed E-state index contributed by atoms with van der Waals surface area (Å²) in [5, 5.41) is 4.27. The first kappa shape index (κ1) is 15.5. The molecule has 0 saturated heterocycles. The van der Waals surface area contributed by atoms with E-state index in [4.69, 9.17) is 11.6 Å². The van der Waals surface area contributed by atoms with Crippen LogP contribution in [0.1, 0.15) is 31.3 Å². The zero-order valence-electron chi connectivity index (χ0n) is 11.7. The number of aromatic nitrogens is 2. The fourth-order valence-corrected chi connectivity index (χ4v) is 2.97. The van der Waals surface area contributed by atoms with Crippen LogP contribution in [0.4, 0.5) is 0 Å². The molecule has 1 aromatic carbocycles. The van der Waals surface area contributed by atoms with E-state index < -0.39 is 0 Å². The molecular weight excluding hydrogens is 338 g/mol. The predicted octanol–water partition coefficient (Wildman–Crippen LogP) is 4.21. The molecule has 1 aromatic heterocycles. The summed E-state index contributed by atoms with van der Waals surface area (Å²) >= 11 is 9.91. The van der Waals surface area contributed by atoms with Crippen molar-refractivity contribution in [1.29, 1.82) is 0 Å². The quantitative estimate of drug-likeness (QED) is 0.840. The van der Waals surface area contributed by atoms with Gasteiger partial charge in [-0.15, -0.1) is 0 Å². The molecule has 0 amide bonds. The van der Waals surface area contributed by atoms with Gasteiger partial charge in [-0.3, -0.25) is 0 Å². The highest BCUT2D eigenvalue weighted by molar-refractivity contribution is 9.10. The van der Waals surface area contributed by atoms with Crippen LogP contribution in [0.25, 0.3) is 0 Å². The monoisotopic (exact) mass is 355 g/mol. The van der Waals surface area contributed by atoms with Crippen LogP contribution >= 0.6 is 27.5 Å². The predicted molar refractivity (Wildman–Crippen MR) is 87.2 cm³/mol. The Morgan fingerprint density at radius 3 is 2.90 bits per heavy atom. The van der Waals surface area contributed by atoms with Crippen molar-refractivity contribution in [3.8, 4) is 0 Å². The Hall–Kier alpha value is -0.840. The molecular formula is C15H19BrClN3. The summed E-state index contributed by atoms with van der Waals surface area (Å²) in [5.74, 6) is 1.08. The second-order valence-electron chi connectivity index (χ2n) is 4.59. The molecule has 0 bridgehead atoms. The van der Waals surface area contributed by atoms with Crippen molar-refractivity contribution in [1.82, 2.24) is 14.9 Å². The lowest BCUT2D eigenvalue weighted by Gasteiger charge is -2.20. The maximum atomic E-state index is 6.42. The standard InChI is InChI=1S/C15H19BrClN3/c1-3-18-13(10-14-19-8-9-20(14)4-2)11-6-5-7-12(16)15(11)17/h5-9,13,18H,3-4,10H2,1-2H3. The lowest BCUT2D eigenvalue weighted by Crippen LogP contribution is -2.24. The number of likely N-dealkylation sites (N-methyl/N-ethyl adjacent to an activating group) is 1. The SMILES string of the molecule is CCNC(Cc1nccn1CC)c1cccc(Br)c1Cl. The number of nitrogens with one attached hydrogen (secondary N) is 1. The first-order chi connectivity index (χ1) is 9.67. The van der Waals surface area contributed by atoms with Gasteiger partial charge in [0.15, 0.2) is 0 Å². The van der Waals surface area contributed by atoms with Crippen molar-refractivity contribution in [3.05, 3.63) is 51.5 Å². The number of rotatable bonds is 6. The number of hydrogen-bond donors (Lipinski definition) is 1. The molecule has 0 spiro atoms. The van der Waals surface area contributed by atoms with Crippen LogP contribution in [0.3, 0.4) is 0 Å². The van der Waals surface area contributed by atoms with Crippen LogP contribution in [0.15, 0.2) is 35.1 Å². The van der Waals surface area contributed by atoms with Crippen molar-refractivity contribution in [2.75, 3.05) is 6.54 Å². The minimum Gasteiger partial charge on any atom is -0.335 e. The molecule has 1 unspecified atom stereocenters. The Kier molecular flexibility index (Phi) is 5.64. The van der Waals surface area contributed by atoms with Crippen molar-refractivity contribution in [2.45, 2.75) is 32.9 Å². The van der Waals surface area contributed by atoms with Crippen molar-refractivity contribution >= 4 is 27.5 Å². The minimum absolute atomic E-state index is 0.165. The van der Waals surface area contributed by atoms with E-state index in [1.165, 1.54) is 0 Å². The fraction of sp³-hybridized carbons (Fsp3) is 0.400. The average Bonchev–Trinajstić information content (AvgIpc) is 2.89. The lowest BCUT2D eigenvalue weighted by atomic mass is 10.0. The van der Waals surface area contributed by atoms with Gasteiger partial charge < -0.3 is 9.88 Å². The van der Waals surface area contributed by atoms with Crippen molar-refractivity contribution in [2.24, 2.45) is 0 Å². The van der Waals surface area contributed by atoms with Gasteiger partial charge in [0.05, 0.1) is 5.02 Å². The van der Waals surface area contributed by atoms with Gasteiger partial charge in [0, 0.05) is 35.9 Å². The molecule has 0 radical (unpaired) electrons. The van der Waals surface area contributed by atoms with Crippen LogP contribution in [0.2, 0.25) is 5.02 Å². The molecule has 1 N–H and O–H groups in total. The third-order valence-electron chi connectivity index (χ3n) is 3.34. The van der Waals surface area contributed by atoms with Crippen LogP contribution in [-0.4, -0.2) is 16.1 Å². The Labute approximate surface area is 133 Å². The Morgan fingerprint density at radius 1 is 1.40 bits per heavy atom. The highest BCUT2D eigenvalue weighted by Crippen LogP contribution is 2.31. The highest BCUT2D eigenvalue weighted by Gasteiger charge is 2.18. The van der Waals surface area contributed by atoms with E-state index in [1.54, 1.807) is 0 Å². The first-order valence-electron chi connectivity index (χ1n) is 6.84. The van der Waals surface area contributed by atoms with Gasteiger partial charge in [-0.1, -0.05) is 30.7 Å². The van der Waals surface area contributed by atoms with Gasteiger partial charge >= 0.3 is 0 Å². The fourth-order valence-electron chi connectivity index (χ4n) is 2.33. The third kappa shape index (κ3) is 3.43. The van der Waals surface area contributed by atoms with Crippen LogP contribution in [-0.2, 0) is 13.0 Å². The van der Waals surface area contributed by atoms with Gasteiger partial charge in [-0.25, -0.2) is 4.98 Å². The topological polar surface area (TPSA) is 29.9 Å². The average molecular weight is 357 g/mol. The van der Waals surface area contributed by atoms with E-state index in [9.17, 15) is 0 Å². The number of imidazole rings is 1. The van der Waals surface area contributed by atoms with Crippen molar-refractivity contribution in [3.63, 3.8) is 0 Å². The summed E-state index contributed by atoms with van der Waals surface area (Å²) < 4.78 is 3.09. The molecule has 0 aliphatic heterocycles. The van der Waals surface area contributed by atoms with Gasteiger partial charge in [0.2, 0.25) is 0 Å². The third-order valence-corrected chi connectivity index (χ3v) is 4.65. The maximum Gasteiger partial charge on any atom is 0.110 e. The number of halogens is 2. The molecule has 0 aliphatic carbocycles. The van der Waals surface area contributed by atoms with E-state index in [0.29, 0.717) is 0 Å². The van der Waals surface area contributed by atoms with Crippen LogP contribution < -0.4 is 5.32 Å². The summed E-state index contributed by atoms with van der Waals surface area (Å²) in [6.45, 7) is 6.05. The molecule has 5 heteroatoms. The summed E-state index contributed by atoms with van der Waals surface area (Å²) in [6.07, 6.45) is 4.69. The molecule has 2 rings (SSSR count). The zero-order valence-corrected chi connectivity index (χ0v) is 14.1. The van der Waals surface area contributed by atoms with E-state index in [2.05, 4.69) is 50.7 Å². The molecule has 0 saturated carbocycles. The molecule has 2 aromatic rings. The molecule has 0 fully saturated rings. The van der Waals surface area contributed by atoms with Crippen LogP contribution in [0.5, 0.6) is 0 Å². The summed E-state index contributed by atoms with van der Waals surface area (Å²) in [5.41, 5.74) is 1.11. The minimum atomic E-state index is 0.165. The van der Waals surface area contributed by atoms with E-state index in [-0.39, 0.29) is 6.04 Å². The van der Waals surface area contributed by atoms with E-state index in [1.807, 2.05) is 24.5 Å².